The number of nitrogens with zero attached hydrogens (tertiary/aromatic N) is 2. The Bertz CT molecular complexity index is 1840. The van der Waals surface area contributed by atoms with E-state index in [1.165, 1.54) is 9.80 Å². The van der Waals surface area contributed by atoms with Gasteiger partial charge in [-0.25, -0.2) is 0 Å². The number of carbonyl (C=O) groups excluding carboxylic acids is 4. The molecule has 206 valence electrons. The largest absolute Gasteiger partial charge is 0.274 e. The Labute approximate surface area is 238 Å². The molecule has 0 bridgehead atoms. The molecule has 0 saturated heterocycles. The van der Waals surface area contributed by atoms with Crippen LogP contribution >= 0.6 is 0 Å². The maximum absolute atomic E-state index is 13.8. The van der Waals surface area contributed by atoms with Crippen molar-refractivity contribution >= 4 is 66.7 Å². The first kappa shape index (κ1) is 25.6. The van der Waals surface area contributed by atoms with Crippen LogP contribution in [0.25, 0.3) is 43.1 Å². The van der Waals surface area contributed by atoms with Crippen LogP contribution in [-0.2, 0) is 0 Å². The zero-order valence-corrected chi connectivity index (χ0v) is 23.7. The number of imide groups is 2. The third-order valence-electron chi connectivity index (χ3n) is 9.15. The van der Waals surface area contributed by atoms with E-state index >= 15 is 0 Å². The van der Waals surface area contributed by atoms with Gasteiger partial charge >= 0.3 is 0 Å². The molecular weight excluding hydrogens is 512 g/mol. The van der Waals surface area contributed by atoms with Crippen molar-refractivity contribution in [3.8, 4) is 0 Å². The first-order valence-electron chi connectivity index (χ1n) is 14.8. The van der Waals surface area contributed by atoms with E-state index in [9.17, 15) is 19.2 Å². The average molecular weight is 545 g/mol. The molecule has 0 N–H and O–H groups in total. The third-order valence-corrected chi connectivity index (χ3v) is 9.15. The molecule has 5 aromatic rings. The van der Waals surface area contributed by atoms with E-state index in [0.717, 1.165) is 70.8 Å². The van der Waals surface area contributed by atoms with Crippen molar-refractivity contribution in [2.45, 2.75) is 65.3 Å². The lowest BCUT2D eigenvalue weighted by Gasteiger charge is -2.33. The number of rotatable bonds is 8. The fourth-order valence-corrected chi connectivity index (χ4v) is 7.07. The molecule has 5 aromatic carbocycles. The molecule has 41 heavy (non-hydrogen) atoms. The Morgan fingerprint density at radius 3 is 1.37 bits per heavy atom. The molecule has 0 saturated carbocycles. The molecule has 2 heterocycles. The molecule has 0 spiro atoms. The summed E-state index contributed by atoms with van der Waals surface area (Å²) in [4.78, 5) is 57.4. The summed E-state index contributed by atoms with van der Waals surface area (Å²) in [7, 11) is 0. The van der Waals surface area contributed by atoms with E-state index in [4.69, 9.17) is 0 Å². The van der Waals surface area contributed by atoms with Gasteiger partial charge in [0.15, 0.2) is 0 Å². The summed E-state index contributed by atoms with van der Waals surface area (Å²) in [6.45, 7) is 6.55. The zero-order chi connectivity index (χ0) is 28.6. The molecule has 0 fully saturated rings. The van der Waals surface area contributed by atoms with Crippen molar-refractivity contribution in [2.24, 2.45) is 0 Å². The first-order chi connectivity index (χ1) is 19.9. The number of benzene rings is 5. The molecule has 6 heteroatoms. The highest BCUT2D eigenvalue weighted by Gasteiger charge is 2.38. The second-order valence-corrected chi connectivity index (χ2v) is 11.6. The van der Waals surface area contributed by atoms with E-state index in [-0.39, 0.29) is 29.7 Å². The van der Waals surface area contributed by atoms with E-state index in [1.54, 1.807) is 0 Å². The number of fused-ring (bicyclic) bond motifs is 2. The molecule has 6 nitrogen and oxygen atoms in total. The highest BCUT2D eigenvalue weighted by atomic mass is 16.2. The van der Waals surface area contributed by atoms with Crippen LogP contribution in [0, 0.1) is 0 Å². The summed E-state index contributed by atoms with van der Waals surface area (Å²) >= 11 is 0. The standard InChI is InChI=1S/C35H32N2O4/c1-4-6-8-9-19(3)37-34(40)26-16-12-22-20-10-14-24-30-25(33(39)36(32(24)38)18-7-5-2)15-11-21(28(20)30)23-13-17-27(35(37)41)31(26)29(22)23/h10-17,19H,4-9,18H2,1-3H3. The van der Waals surface area contributed by atoms with Crippen LogP contribution in [0.4, 0.5) is 0 Å². The summed E-state index contributed by atoms with van der Waals surface area (Å²) in [5, 5.41) is 6.81. The molecular formula is C35H32N2O4. The van der Waals surface area contributed by atoms with Crippen LogP contribution in [0.15, 0.2) is 48.5 Å². The molecule has 0 radical (unpaired) electrons. The third kappa shape index (κ3) is 3.43. The minimum atomic E-state index is -0.250. The Kier molecular flexibility index (Phi) is 5.86. The molecule has 4 amide bonds. The van der Waals surface area contributed by atoms with Crippen molar-refractivity contribution in [3.05, 3.63) is 70.8 Å². The monoisotopic (exact) mass is 544 g/mol. The number of hydrogen-bond acceptors (Lipinski definition) is 4. The summed E-state index contributed by atoms with van der Waals surface area (Å²) in [6, 6.07) is 15.0. The van der Waals surface area contributed by atoms with Gasteiger partial charge in [-0.05, 0) is 76.3 Å². The number of carbonyl (C=O) groups is 4. The Morgan fingerprint density at radius 2 is 0.951 bits per heavy atom. The minimum absolute atomic E-state index is 0.180. The molecule has 1 atom stereocenters. The van der Waals surface area contributed by atoms with Crippen molar-refractivity contribution in [1.82, 2.24) is 9.80 Å². The van der Waals surface area contributed by atoms with Crippen LogP contribution in [0.3, 0.4) is 0 Å². The van der Waals surface area contributed by atoms with Crippen LogP contribution in [-0.4, -0.2) is 46.0 Å². The Balaban J connectivity index is 1.47. The van der Waals surface area contributed by atoms with Gasteiger partial charge in [0.1, 0.15) is 0 Å². The molecule has 0 aromatic heterocycles. The van der Waals surface area contributed by atoms with Crippen LogP contribution in [0.2, 0.25) is 0 Å². The normalized spacial score (nSPS) is 15.9. The summed E-state index contributed by atoms with van der Waals surface area (Å²) in [5.74, 6) is -0.982. The Morgan fingerprint density at radius 1 is 0.537 bits per heavy atom. The summed E-state index contributed by atoms with van der Waals surface area (Å²) < 4.78 is 0. The van der Waals surface area contributed by atoms with Gasteiger partial charge in [-0.3, -0.25) is 29.0 Å². The fraction of sp³-hybridized carbons (Fsp3) is 0.314. The van der Waals surface area contributed by atoms with Gasteiger partial charge in [0.05, 0.1) is 0 Å². The highest BCUT2D eigenvalue weighted by Crippen LogP contribution is 2.46. The van der Waals surface area contributed by atoms with Crippen molar-refractivity contribution in [2.75, 3.05) is 6.54 Å². The second-order valence-electron chi connectivity index (χ2n) is 11.6. The topological polar surface area (TPSA) is 74.8 Å². The van der Waals surface area contributed by atoms with Gasteiger partial charge in [0.2, 0.25) is 0 Å². The molecule has 1 unspecified atom stereocenters. The van der Waals surface area contributed by atoms with E-state index < -0.39 is 0 Å². The van der Waals surface area contributed by atoms with Gasteiger partial charge in [-0.1, -0.05) is 63.8 Å². The van der Waals surface area contributed by atoms with Crippen molar-refractivity contribution in [1.29, 1.82) is 0 Å². The van der Waals surface area contributed by atoms with Gasteiger partial charge < -0.3 is 0 Å². The van der Waals surface area contributed by atoms with E-state index in [2.05, 4.69) is 6.92 Å². The lowest BCUT2D eigenvalue weighted by Crippen LogP contribution is -2.45. The Hall–Kier alpha value is -4.32. The van der Waals surface area contributed by atoms with Crippen LogP contribution < -0.4 is 0 Å². The van der Waals surface area contributed by atoms with Crippen LogP contribution in [0.1, 0.15) is 101 Å². The summed E-state index contributed by atoms with van der Waals surface area (Å²) in [5.41, 5.74) is 2.19. The van der Waals surface area contributed by atoms with Crippen LogP contribution in [0.5, 0.6) is 0 Å². The molecule has 2 aliphatic rings. The second kappa shape index (κ2) is 9.37. The van der Waals surface area contributed by atoms with Gasteiger partial charge in [-0.2, -0.15) is 0 Å². The smallest absolute Gasteiger partial charge is 0.261 e. The van der Waals surface area contributed by atoms with Crippen molar-refractivity contribution < 1.29 is 19.2 Å². The minimum Gasteiger partial charge on any atom is -0.274 e. The quantitative estimate of drug-likeness (QED) is 0.0868. The fourth-order valence-electron chi connectivity index (χ4n) is 7.07. The molecule has 0 aliphatic carbocycles. The average Bonchev–Trinajstić information content (AvgIpc) is 2.98. The lowest BCUT2D eigenvalue weighted by atomic mass is 9.82. The predicted octanol–water partition coefficient (Wildman–Crippen LogP) is 7.70. The number of amides is 4. The molecule has 7 rings (SSSR count). The van der Waals surface area contributed by atoms with Gasteiger partial charge in [0, 0.05) is 45.6 Å². The number of unbranched alkanes of at least 4 members (excludes halogenated alkanes) is 3. The van der Waals surface area contributed by atoms with E-state index in [1.807, 2.05) is 62.4 Å². The predicted molar refractivity (Wildman–Crippen MR) is 162 cm³/mol. The maximum Gasteiger partial charge on any atom is 0.261 e. The van der Waals surface area contributed by atoms with Gasteiger partial charge in [0.25, 0.3) is 23.6 Å². The maximum atomic E-state index is 13.8. The lowest BCUT2D eigenvalue weighted by molar-refractivity contribution is 0.0539. The first-order valence-corrected chi connectivity index (χ1v) is 14.8. The summed E-state index contributed by atoms with van der Waals surface area (Å²) in [6.07, 6.45) is 5.57. The molecule has 2 aliphatic heterocycles. The number of hydrogen-bond donors (Lipinski definition) is 0. The van der Waals surface area contributed by atoms with Crippen molar-refractivity contribution in [3.63, 3.8) is 0 Å². The SMILES string of the molecule is CCCCCC(C)N1C(=O)c2ccc3c4ccc5c6c(ccc(c7ccc(c2c37)C1=O)c64)C(=O)N(CCCC)C5=O. The highest BCUT2D eigenvalue weighted by molar-refractivity contribution is 6.41. The van der Waals surface area contributed by atoms with E-state index in [0.29, 0.717) is 39.6 Å². The van der Waals surface area contributed by atoms with Gasteiger partial charge in [-0.15, -0.1) is 0 Å². The zero-order valence-electron chi connectivity index (χ0n) is 23.7.